The molecule has 1 atom stereocenters. The van der Waals surface area contributed by atoms with E-state index in [1.165, 1.54) is 23.5 Å². The Kier molecular flexibility index (Phi) is 8.81. The summed E-state index contributed by atoms with van der Waals surface area (Å²) < 4.78 is 14.3. The number of hydroxylamine groups is 2. The van der Waals surface area contributed by atoms with Gasteiger partial charge in [0.25, 0.3) is 0 Å². The molecule has 9 heteroatoms. The van der Waals surface area contributed by atoms with Crippen LogP contribution in [0.25, 0.3) is 10.4 Å². The number of benzene rings is 2. The van der Waals surface area contributed by atoms with E-state index in [-0.39, 0.29) is 17.6 Å². The highest BCUT2D eigenvalue weighted by Crippen LogP contribution is 2.46. The van der Waals surface area contributed by atoms with E-state index in [4.69, 9.17) is 4.84 Å². The molecule has 194 valence electrons. The zero-order valence-corrected chi connectivity index (χ0v) is 23.0. The van der Waals surface area contributed by atoms with Crippen molar-refractivity contribution in [3.8, 4) is 10.4 Å². The van der Waals surface area contributed by atoms with Gasteiger partial charge in [-0.1, -0.05) is 75.4 Å². The van der Waals surface area contributed by atoms with Gasteiger partial charge in [-0.15, -0.1) is 21.5 Å². The summed E-state index contributed by atoms with van der Waals surface area (Å²) in [6.07, 6.45) is 0. The zero-order valence-electron chi connectivity index (χ0n) is 21.4. The highest BCUT2D eigenvalue weighted by atomic mass is 32.1. The molecule has 1 N–H and O–H groups in total. The first-order valence-corrected chi connectivity index (χ1v) is 13.9. The standard InChI is InChI=1S/C28H31FN4O2S2/c1-5-33(6-2)35-17-19-10-12-20(13-11-19)23-14-15-24(37-23)25(21-8-7-9-22(29)16-21)28(3,4)26(34)31-27-32-30-18-36-27/h7-16,18,25H,5-6,17H2,1-4H3,(H,31,32,34)/t25-/m0/s1. The summed E-state index contributed by atoms with van der Waals surface area (Å²) in [6, 6.07) is 18.9. The Hall–Kier alpha value is -2.98. The quantitative estimate of drug-likeness (QED) is 0.209. The number of carbonyl (C=O) groups excluding carboxylic acids is 1. The Morgan fingerprint density at radius 3 is 2.51 bits per heavy atom. The number of hydrogen-bond donors (Lipinski definition) is 1. The Morgan fingerprint density at radius 2 is 1.86 bits per heavy atom. The molecule has 0 aliphatic heterocycles. The lowest BCUT2D eigenvalue weighted by Crippen LogP contribution is -2.36. The second kappa shape index (κ2) is 12.0. The maximum atomic E-state index is 14.3. The average Bonchev–Trinajstić information content (AvgIpc) is 3.58. The topological polar surface area (TPSA) is 67.3 Å². The summed E-state index contributed by atoms with van der Waals surface area (Å²) in [4.78, 5) is 21.3. The lowest BCUT2D eigenvalue weighted by atomic mass is 9.73. The van der Waals surface area contributed by atoms with Crippen LogP contribution >= 0.6 is 22.7 Å². The van der Waals surface area contributed by atoms with E-state index in [1.807, 2.05) is 31.0 Å². The van der Waals surface area contributed by atoms with E-state index in [0.717, 1.165) is 39.5 Å². The monoisotopic (exact) mass is 538 g/mol. The van der Waals surface area contributed by atoms with Crippen LogP contribution in [-0.4, -0.2) is 34.3 Å². The van der Waals surface area contributed by atoms with Crippen LogP contribution in [0, 0.1) is 11.2 Å². The van der Waals surface area contributed by atoms with Gasteiger partial charge < -0.3 is 5.32 Å². The average molecular weight is 539 g/mol. The number of thiophene rings is 1. The summed E-state index contributed by atoms with van der Waals surface area (Å²) in [5, 5.41) is 13.0. The van der Waals surface area contributed by atoms with E-state index < -0.39 is 5.41 Å². The number of nitrogens with one attached hydrogen (secondary N) is 1. The van der Waals surface area contributed by atoms with Gasteiger partial charge in [0.15, 0.2) is 0 Å². The molecule has 0 aliphatic carbocycles. The fourth-order valence-corrected chi connectivity index (χ4v) is 6.01. The summed E-state index contributed by atoms with van der Waals surface area (Å²) in [5.74, 6) is -0.898. The van der Waals surface area contributed by atoms with Gasteiger partial charge in [0.05, 0.1) is 12.0 Å². The van der Waals surface area contributed by atoms with Gasteiger partial charge in [-0.05, 0) is 41.0 Å². The fourth-order valence-electron chi connectivity index (χ4n) is 4.24. The third kappa shape index (κ3) is 6.48. The molecule has 0 aliphatic rings. The number of nitrogens with zero attached hydrogens (tertiary/aromatic N) is 3. The van der Waals surface area contributed by atoms with Gasteiger partial charge in [0.2, 0.25) is 11.0 Å². The number of anilines is 1. The Labute approximate surface area is 225 Å². The predicted molar refractivity (Wildman–Crippen MR) is 148 cm³/mol. The molecule has 2 heterocycles. The molecular weight excluding hydrogens is 507 g/mol. The van der Waals surface area contributed by atoms with Crippen LogP contribution in [-0.2, 0) is 16.2 Å². The number of aromatic nitrogens is 2. The molecule has 4 aromatic rings. The lowest BCUT2D eigenvalue weighted by molar-refractivity contribution is -0.163. The van der Waals surface area contributed by atoms with E-state index in [0.29, 0.717) is 11.7 Å². The van der Waals surface area contributed by atoms with Gasteiger partial charge in [0.1, 0.15) is 11.3 Å². The first kappa shape index (κ1) is 27.1. The van der Waals surface area contributed by atoms with Crippen molar-refractivity contribution in [1.29, 1.82) is 0 Å². The van der Waals surface area contributed by atoms with Crippen molar-refractivity contribution in [2.75, 3.05) is 18.4 Å². The fraction of sp³-hybridized carbons (Fsp3) is 0.321. The van der Waals surface area contributed by atoms with E-state index >= 15 is 0 Å². The molecule has 0 saturated carbocycles. The van der Waals surface area contributed by atoms with Gasteiger partial charge in [0, 0.05) is 28.8 Å². The Bertz CT molecular complexity index is 1300. The molecule has 0 saturated heterocycles. The third-order valence-corrected chi connectivity index (χ3v) is 8.14. The molecule has 0 bridgehead atoms. The largest absolute Gasteiger partial charge is 0.300 e. The minimum absolute atomic E-state index is 0.203. The van der Waals surface area contributed by atoms with Gasteiger partial charge >= 0.3 is 0 Å². The Morgan fingerprint density at radius 1 is 1.11 bits per heavy atom. The van der Waals surface area contributed by atoms with Crippen LogP contribution in [0.3, 0.4) is 0 Å². The number of carbonyl (C=O) groups is 1. The number of hydrogen-bond acceptors (Lipinski definition) is 7. The highest BCUT2D eigenvalue weighted by molar-refractivity contribution is 7.15. The van der Waals surface area contributed by atoms with E-state index in [9.17, 15) is 9.18 Å². The maximum absolute atomic E-state index is 14.3. The lowest BCUT2D eigenvalue weighted by Gasteiger charge is -2.32. The molecular formula is C28H31FN4O2S2. The van der Waals surface area contributed by atoms with Crippen molar-refractivity contribution in [3.63, 3.8) is 0 Å². The summed E-state index contributed by atoms with van der Waals surface area (Å²) in [5.41, 5.74) is 3.60. The van der Waals surface area contributed by atoms with E-state index in [1.54, 1.807) is 22.9 Å². The maximum Gasteiger partial charge on any atom is 0.232 e. The van der Waals surface area contributed by atoms with Crippen LogP contribution in [0.1, 0.15) is 49.6 Å². The minimum Gasteiger partial charge on any atom is -0.300 e. The van der Waals surface area contributed by atoms with Crippen LogP contribution in [0.4, 0.5) is 9.52 Å². The molecule has 0 radical (unpaired) electrons. The normalized spacial score (nSPS) is 12.6. The second-order valence-electron chi connectivity index (χ2n) is 9.19. The number of rotatable bonds is 11. The first-order chi connectivity index (χ1) is 17.8. The van der Waals surface area contributed by atoms with Crippen LogP contribution < -0.4 is 5.32 Å². The molecule has 0 fully saturated rings. The van der Waals surface area contributed by atoms with Gasteiger partial charge in [-0.25, -0.2) is 4.39 Å². The number of halogens is 1. The van der Waals surface area contributed by atoms with Gasteiger partial charge in [-0.2, -0.15) is 5.06 Å². The second-order valence-corrected chi connectivity index (χ2v) is 11.1. The van der Waals surface area contributed by atoms with Crippen LogP contribution in [0.15, 0.2) is 66.2 Å². The smallest absolute Gasteiger partial charge is 0.232 e. The van der Waals surface area contributed by atoms with Crippen molar-refractivity contribution in [3.05, 3.63) is 88.0 Å². The zero-order chi connectivity index (χ0) is 26.4. The van der Waals surface area contributed by atoms with Crippen LogP contribution in [0.2, 0.25) is 0 Å². The van der Waals surface area contributed by atoms with Crippen molar-refractivity contribution in [2.45, 2.75) is 40.2 Å². The molecule has 2 aromatic carbocycles. The first-order valence-electron chi connectivity index (χ1n) is 12.2. The SMILES string of the molecule is CCN(CC)OCc1ccc(-c2ccc([C@H](c3cccc(F)c3)C(C)(C)C(=O)Nc3nncs3)s2)cc1. The van der Waals surface area contributed by atoms with Gasteiger partial charge in [-0.3, -0.25) is 9.63 Å². The molecule has 1 amide bonds. The van der Waals surface area contributed by atoms with Crippen molar-refractivity contribution in [2.24, 2.45) is 5.41 Å². The molecule has 6 nitrogen and oxygen atoms in total. The molecule has 0 unspecified atom stereocenters. The van der Waals surface area contributed by atoms with Crippen molar-refractivity contribution < 1.29 is 14.0 Å². The van der Waals surface area contributed by atoms with Crippen molar-refractivity contribution in [1.82, 2.24) is 15.3 Å². The molecule has 0 spiro atoms. The molecule has 37 heavy (non-hydrogen) atoms. The van der Waals surface area contributed by atoms with E-state index in [2.05, 4.69) is 59.7 Å². The van der Waals surface area contributed by atoms with Crippen LogP contribution in [0.5, 0.6) is 0 Å². The number of amides is 1. The molecule has 4 rings (SSSR count). The van der Waals surface area contributed by atoms with Crippen molar-refractivity contribution >= 4 is 33.7 Å². The highest BCUT2D eigenvalue weighted by Gasteiger charge is 2.40. The summed E-state index contributed by atoms with van der Waals surface area (Å²) >= 11 is 2.87. The third-order valence-electron chi connectivity index (χ3n) is 6.34. The minimum atomic E-state index is -0.896. The predicted octanol–water partition coefficient (Wildman–Crippen LogP) is 6.98. The summed E-state index contributed by atoms with van der Waals surface area (Å²) in [7, 11) is 0. The summed E-state index contributed by atoms with van der Waals surface area (Å²) in [6.45, 7) is 10.1. The Balaban J connectivity index is 1.61. The molecule has 2 aromatic heterocycles.